The normalized spacial score (nSPS) is 15.7. The standard InChI is InChI=1S/C19H22N4O2S/c24-10-7-16-13-23(21-20-16)12-14-5-8-22(9-6-14)19(25)18-11-15-3-1-2-4-17(15)26-18/h1-4,11,13-14,24H,5-10,12H2. The number of fused-ring (bicyclic) bond motifs is 1. The van der Waals surface area contributed by atoms with Crippen LogP contribution in [-0.2, 0) is 13.0 Å². The second-order valence-corrected chi connectivity index (χ2v) is 7.87. The van der Waals surface area contributed by atoms with E-state index in [4.69, 9.17) is 5.11 Å². The number of likely N-dealkylation sites (tertiary alicyclic amines) is 1. The predicted octanol–water partition coefficient (Wildman–Crippen LogP) is 2.58. The first kappa shape index (κ1) is 17.2. The van der Waals surface area contributed by atoms with E-state index in [1.165, 1.54) is 0 Å². The molecule has 0 bridgehead atoms. The lowest BCUT2D eigenvalue weighted by Gasteiger charge is -2.31. The quantitative estimate of drug-likeness (QED) is 0.749. The maximum absolute atomic E-state index is 12.8. The zero-order valence-corrected chi connectivity index (χ0v) is 15.4. The maximum atomic E-state index is 12.8. The van der Waals surface area contributed by atoms with Gasteiger partial charge in [-0.15, -0.1) is 16.4 Å². The number of hydrogen-bond donors (Lipinski definition) is 1. The van der Waals surface area contributed by atoms with Crippen molar-refractivity contribution in [3.63, 3.8) is 0 Å². The van der Waals surface area contributed by atoms with Gasteiger partial charge in [-0.05, 0) is 36.3 Å². The highest BCUT2D eigenvalue weighted by Crippen LogP contribution is 2.28. The zero-order valence-electron chi connectivity index (χ0n) is 14.5. The highest BCUT2D eigenvalue weighted by molar-refractivity contribution is 7.20. The second kappa shape index (κ2) is 7.55. The number of thiophene rings is 1. The van der Waals surface area contributed by atoms with Crippen molar-refractivity contribution in [1.29, 1.82) is 0 Å². The predicted molar refractivity (Wildman–Crippen MR) is 101 cm³/mol. The smallest absolute Gasteiger partial charge is 0.263 e. The lowest BCUT2D eigenvalue weighted by atomic mass is 9.96. The number of amides is 1. The number of benzene rings is 1. The Morgan fingerprint density at radius 1 is 1.27 bits per heavy atom. The number of hydrogen-bond acceptors (Lipinski definition) is 5. The summed E-state index contributed by atoms with van der Waals surface area (Å²) in [6.07, 6.45) is 4.41. The molecule has 7 heteroatoms. The van der Waals surface area contributed by atoms with Crippen molar-refractivity contribution in [3.8, 4) is 0 Å². The van der Waals surface area contributed by atoms with Crippen LogP contribution in [0.4, 0.5) is 0 Å². The molecule has 0 aliphatic carbocycles. The molecular weight excluding hydrogens is 348 g/mol. The molecule has 1 aliphatic rings. The minimum absolute atomic E-state index is 0.0942. The SMILES string of the molecule is O=C(c1cc2ccccc2s1)N1CCC(Cn2cc(CCO)nn2)CC1. The summed E-state index contributed by atoms with van der Waals surface area (Å²) in [5.41, 5.74) is 0.824. The lowest BCUT2D eigenvalue weighted by Crippen LogP contribution is -2.39. The molecule has 3 heterocycles. The molecule has 2 aromatic heterocycles. The third kappa shape index (κ3) is 3.64. The first-order chi connectivity index (χ1) is 12.7. The van der Waals surface area contributed by atoms with Crippen molar-refractivity contribution < 1.29 is 9.90 Å². The summed E-state index contributed by atoms with van der Waals surface area (Å²) in [4.78, 5) is 15.6. The van der Waals surface area contributed by atoms with Crippen molar-refractivity contribution in [1.82, 2.24) is 19.9 Å². The molecular formula is C19H22N4O2S. The Kier molecular flexibility index (Phi) is 4.99. The Balaban J connectivity index is 1.34. The Bertz CT molecular complexity index is 863. The van der Waals surface area contributed by atoms with Gasteiger partial charge in [0.15, 0.2) is 0 Å². The number of nitrogens with zero attached hydrogens (tertiary/aromatic N) is 4. The van der Waals surface area contributed by atoms with Gasteiger partial charge in [0.05, 0.1) is 10.6 Å². The van der Waals surface area contributed by atoms with Crippen LogP contribution in [0, 0.1) is 5.92 Å². The third-order valence-corrected chi connectivity index (χ3v) is 6.04. The fourth-order valence-electron chi connectivity index (χ4n) is 3.48. The highest BCUT2D eigenvalue weighted by atomic mass is 32.1. The number of piperidine rings is 1. The molecule has 4 rings (SSSR count). The van der Waals surface area contributed by atoms with E-state index >= 15 is 0 Å². The van der Waals surface area contributed by atoms with Gasteiger partial charge in [-0.2, -0.15) is 0 Å². The van der Waals surface area contributed by atoms with Gasteiger partial charge in [0.2, 0.25) is 0 Å². The molecule has 1 amide bonds. The van der Waals surface area contributed by atoms with Crippen LogP contribution < -0.4 is 0 Å². The summed E-state index contributed by atoms with van der Waals surface area (Å²) in [6, 6.07) is 10.1. The van der Waals surface area contributed by atoms with Crippen LogP contribution in [0.15, 0.2) is 36.5 Å². The summed E-state index contributed by atoms with van der Waals surface area (Å²) >= 11 is 1.58. The minimum atomic E-state index is 0.0942. The van der Waals surface area contributed by atoms with Gasteiger partial charge in [0.25, 0.3) is 5.91 Å². The van der Waals surface area contributed by atoms with Crippen LogP contribution >= 0.6 is 11.3 Å². The number of rotatable bonds is 5. The topological polar surface area (TPSA) is 71.2 Å². The van der Waals surface area contributed by atoms with Gasteiger partial charge in [-0.25, -0.2) is 0 Å². The van der Waals surface area contributed by atoms with Gasteiger partial charge >= 0.3 is 0 Å². The first-order valence-corrected chi connectivity index (χ1v) is 9.82. The Morgan fingerprint density at radius 2 is 2.08 bits per heavy atom. The van der Waals surface area contributed by atoms with Crippen LogP contribution in [-0.4, -0.2) is 50.6 Å². The molecule has 1 N–H and O–H groups in total. The van der Waals surface area contributed by atoms with E-state index < -0.39 is 0 Å². The van der Waals surface area contributed by atoms with Gasteiger partial charge in [0.1, 0.15) is 0 Å². The van der Waals surface area contributed by atoms with Crippen LogP contribution in [0.1, 0.15) is 28.2 Å². The molecule has 0 radical (unpaired) electrons. The van der Waals surface area contributed by atoms with Crippen molar-refractivity contribution in [2.24, 2.45) is 5.92 Å². The molecule has 1 aromatic carbocycles. The van der Waals surface area contributed by atoms with E-state index in [-0.39, 0.29) is 12.5 Å². The molecule has 1 aliphatic heterocycles. The number of aliphatic hydroxyl groups is 1. The molecule has 6 nitrogen and oxygen atoms in total. The van der Waals surface area contributed by atoms with E-state index in [0.29, 0.717) is 12.3 Å². The molecule has 1 saturated heterocycles. The molecule has 3 aromatic rings. The molecule has 0 unspecified atom stereocenters. The zero-order chi connectivity index (χ0) is 17.9. The summed E-state index contributed by atoms with van der Waals surface area (Å²) in [7, 11) is 0. The van der Waals surface area contributed by atoms with Crippen molar-refractivity contribution >= 4 is 27.3 Å². The lowest BCUT2D eigenvalue weighted by molar-refractivity contribution is 0.0686. The summed E-state index contributed by atoms with van der Waals surface area (Å²) in [6.45, 7) is 2.49. The average molecular weight is 370 g/mol. The van der Waals surface area contributed by atoms with Gasteiger partial charge < -0.3 is 10.0 Å². The number of aliphatic hydroxyl groups excluding tert-OH is 1. The van der Waals surface area contributed by atoms with Crippen molar-refractivity contribution in [3.05, 3.63) is 47.1 Å². The fraction of sp³-hybridized carbons (Fsp3) is 0.421. The third-order valence-electron chi connectivity index (χ3n) is 4.94. The Labute approximate surface area is 156 Å². The number of aromatic nitrogens is 3. The Morgan fingerprint density at radius 3 is 2.85 bits per heavy atom. The monoisotopic (exact) mass is 370 g/mol. The minimum Gasteiger partial charge on any atom is -0.396 e. The van der Waals surface area contributed by atoms with Gasteiger partial charge in [-0.3, -0.25) is 9.48 Å². The molecule has 136 valence electrons. The van der Waals surface area contributed by atoms with E-state index in [1.54, 1.807) is 11.3 Å². The second-order valence-electron chi connectivity index (χ2n) is 6.79. The van der Waals surface area contributed by atoms with Crippen molar-refractivity contribution in [2.45, 2.75) is 25.8 Å². The van der Waals surface area contributed by atoms with Crippen LogP contribution in [0.5, 0.6) is 0 Å². The van der Waals surface area contributed by atoms with Gasteiger partial charge in [-0.1, -0.05) is 23.4 Å². The molecule has 26 heavy (non-hydrogen) atoms. The van der Waals surface area contributed by atoms with E-state index in [2.05, 4.69) is 22.4 Å². The highest BCUT2D eigenvalue weighted by Gasteiger charge is 2.25. The van der Waals surface area contributed by atoms with E-state index in [1.807, 2.05) is 34.0 Å². The van der Waals surface area contributed by atoms with Crippen molar-refractivity contribution in [2.75, 3.05) is 19.7 Å². The van der Waals surface area contributed by atoms with E-state index in [9.17, 15) is 4.79 Å². The molecule has 0 atom stereocenters. The molecule has 0 saturated carbocycles. The van der Waals surface area contributed by atoms with Gasteiger partial charge in [0, 0.05) is 43.6 Å². The number of carbonyl (C=O) groups excluding carboxylic acids is 1. The Hall–Kier alpha value is -2.25. The largest absolute Gasteiger partial charge is 0.396 e. The average Bonchev–Trinajstić information content (AvgIpc) is 3.29. The summed E-state index contributed by atoms with van der Waals surface area (Å²) < 4.78 is 3.02. The summed E-state index contributed by atoms with van der Waals surface area (Å²) in [5.74, 6) is 0.653. The molecule has 1 fully saturated rings. The number of carbonyl (C=O) groups is 1. The summed E-state index contributed by atoms with van der Waals surface area (Å²) in [5, 5.41) is 18.3. The molecule has 0 spiro atoms. The van der Waals surface area contributed by atoms with E-state index in [0.717, 1.165) is 53.1 Å². The fourth-order valence-corrected chi connectivity index (χ4v) is 4.51. The van der Waals surface area contributed by atoms with Crippen LogP contribution in [0.25, 0.3) is 10.1 Å². The van der Waals surface area contributed by atoms with Crippen LogP contribution in [0.3, 0.4) is 0 Å². The van der Waals surface area contributed by atoms with Crippen LogP contribution in [0.2, 0.25) is 0 Å². The maximum Gasteiger partial charge on any atom is 0.263 e. The first-order valence-electron chi connectivity index (χ1n) is 9.00.